The highest BCUT2D eigenvalue weighted by Crippen LogP contribution is 2.24. The molecule has 9 heteroatoms. The highest BCUT2D eigenvalue weighted by atomic mass is 32.2. The third-order valence-corrected chi connectivity index (χ3v) is 6.58. The Morgan fingerprint density at radius 3 is 2.52 bits per heavy atom. The molecule has 27 heavy (non-hydrogen) atoms. The van der Waals surface area contributed by atoms with Gasteiger partial charge in [-0.25, -0.2) is 8.42 Å². The lowest BCUT2D eigenvalue weighted by molar-refractivity contribution is -0.126. The van der Waals surface area contributed by atoms with Crippen molar-refractivity contribution in [3.8, 4) is 6.07 Å². The fourth-order valence-electron chi connectivity index (χ4n) is 3.11. The topological polar surface area (TPSA) is 108 Å². The van der Waals surface area contributed by atoms with Gasteiger partial charge in [0, 0.05) is 44.4 Å². The van der Waals surface area contributed by atoms with E-state index in [0.717, 1.165) is 5.56 Å². The van der Waals surface area contributed by atoms with Crippen molar-refractivity contribution in [3.63, 3.8) is 0 Å². The molecule has 0 unspecified atom stereocenters. The second kappa shape index (κ2) is 7.90. The Bertz CT molecular complexity index is 952. The highest BCUT2D eigenvalue weighted by Gasteiger charge is 2.32. The van der Waals surface area contributed by atoms with Gasteiger partial charge in [-0.15, -0.1) is 0 Å². The van der Waals surface area contributed by atoms with Crippen LogP contribution in [0.2, 0.25) is 0 Å². The summed E-state index contributed by atoms with van der Waals surface area (Å²) in [7, 11) is -1.79. The van der Waals surface area contributed by atoms with Gasteiger partial charge in [0.2, 0.25) is 15.9 Å². The molecule has 1 aromatic heterocycles. The monoisotopic (exact) mass is 387 g/mol. The number of benzene rings is 1. The molecule has 0 spiro atoms. The lowest BCUT2D eigenvalue weighted by Crippen LogP contribution is -2.42. The summed E-state index contributed by atoms with van der Waals surface area (Å²) in [5.74, 6) is -0.261. The third-order valence-electron chi connectivity index (χ3n) is 4.67. The Balaban J connectivity index is 1.55. The molecule has 1 amide bonds. The van der Waals surface area contributed by atoms with E-state index in [2.05, 4.69) is 10.4 Å². The summed E-state index contributed by atoms with van der Waals surface area (Å²) in [6.45, 7) is 1.01. The third kappa shape index (κ3) is 4.35. The zero-order chi connectivity index (χ0) is 19.4. The van der Waals surface area contributed by atoms with Crippen molar-refractivity contribution in [1.29, 1.82) is 5.26 Å². The quantitative estimate of drug-likeness (QED) is 0.824. The van der Waals surface area contributed by atoms with Gasteiger partial charge in [-0.05, 0) is 37.1 Å². The Labute approximate surface area is 158 Å². The number of nitrogens with one attached hydrogen (secondary N) is 1. The molecule has 142 valence electrons. The van der Waals surface area contributed by atoms with Crippen LogP contribution in [0.25, 0.3) is 0 Å². The van der Waals surface area contributed by atoms with Crippen molar-refractivity contribution in [2.45, 2.75) is 24.3 Å². The number of carbonyl (C=O) groups is 1. The van der Waals surface area contributed by atoms with Crippen LogP contribution >= 0.6 is 0 Å². The van der Waals surface area contributed by atoms with Crippen LogP contribution in [0, 0.1) is 17.2 Å². The van der Waals surface area contributed by atoms with E-state index in [-0.39, 0.29) is 16.7 Å². The highest BCUT2D eigenvalue weighted by molar-refractivity contribution is 7.89. The van der Waals surface area contributed by atoms with Crippen LogP contribution in [0.3, 0.4) is 0 Å². The number of nitriles is 1. The van der Waals surface area contributed by atoms with Gasteiger partial charge in [0.05, 0.1) is 22.7 Å². The molecule has 1 aliphatic rings. The molecule has 2 aromatic rings. The molecule has 8 nitrogen and oxygen atoms in total. The van der Waals surface area contributed by atoms with Crippen LogP contribution in [0.1, 0.15) is 24.0 Å². The fraction of sp³-hybridized carbons (Fsp3) is 0.389. The van der Waals surface area contributed by atoms with E-state index in [0.29, 0.717) is 38.0 Å². The van der Waals surface area contributed by atoms with E-state index in [4.69, 9.17) is 5.26 Å². The van der Waals surface area contributed by atoms with Gasteiger partial charge in [-0.1, -0.05) is 0 Å². The van der Waals surface area contributed by atoms with E-state index in [1.165, 1.54) is 28.6 Å². The lowest BCUT2D eigenvalue weighted by atomic mass is 9.97. The van der Waals surface area contributed by atoms with E-state index in [1.54, 1.807) is 10.9 Å². The minimum atomic E-state index is -3.61. The molecule has 1 aromatic carbocycles. The smallest absolute Gasteiger partial charge is 0.243 e. The van der Waals surface area contributed by atoms with Gasteiger partial charge in [-0.2, -0.15) is 14.7 Å². The first-order chi connectivity index (χ1) is 12.9. The van der Waals surface area contributed by atoms with Crippen molar-refractivity contribution in [2.24, 2.45) is 13.0 Å². The maximum absolute atomic E-state index is 12.7. The first kappa shape index (κ1) is 19.1. The maximum atomic E-state index is 12.7. The molecular formula is C18H21N5O3S. The van der Waals surface area contributed by atoms with Gasteiger partial charge in [0.1, 0.15) is 0 Å². The Morgan fingerprint density at radius 2 is 1.96 bits per heavy atom. The predicted molar refractivity (Wildman–Crippen MR) is 97.7 cm³/mol. The first-order valence-electron chi connectivity index (χ1n) is 8.65. The summed E-state index contributed by atoms with van der Waals surface area (Å²) in [4.78, 5) is 12.5. The molecule has 0 aliphatic carbocycles. The molecule has 0 radical (unpaired) electrons. The summed E-state index contributed by atoms with van der Waals surface area (Å²) in [5, 5.41) is 15.8. The number of piperidine rings is 1. The number of amides is 1. The van der Waals surface area contributed by atoms with Crippen molar-refractivity contribution >= 4 is 15.9 Å². The first-order valence-corrected chi connectivity index (χ1v) is 10.1. The lowest BCUT2D eigenvalue weighted by Gasteiger charge is -2.30. The van der Waals surface area contributed by atoms with Crippen LogP contribution in [-0.2, 0) is 28.4 Å². The number of nitrogens with zero attached hydrogens (tertiary/aromatic N) is 4. The number of sulfonamides is 1. The van der Waals surface area contributed by atoms with Gasteiger partial charge >= 0.3 is 0 Å². The second-order valence-electron chi connectivity index (χ2n) is 6.55. The SMILES string of the molecule is Cn1cc(CNC(=O)C2CCN(S(=O)(=O)c3ccc(C#N)cc3)CC2)cn1. The molecule has 0 atom stereocenters. The maximum Gasteiger partial charge on any atom is 0.243 e. The molecule has 3 rings (SSSR count). The average Bonchev–Trinajstić information content (AvgIpc) is 3.11. The Hall–Kier alpha value is -2.70. The van der Waals surface area contributed by atoms with Crippen molar-refractivity contribution in [3.05, 3.63) is 47.8 Å². The van der Waals surface area contributed by atoms with Gasteiger partial charge in [-0.3, -0.25) is 9.48 Å². The largest absolute Gasteiger partial charge is 0.352 e. The van der Waals surface area contributed by atoms with Gasteiger partial charge in [0.15, 0.2) is 0 Å². The zero-order valence-corrected chi connectivity index (χ0v) is 15.8. The van der Waals surface area contributed by atoms with Crippen LogP contribution in [0.15, 0.2) is 41.6 Å². The summed E-state index contributed by atoms with van der Waals surface area (Å²) >= 11 is 0. The minimum absolute atomic E-state index is 0.0609. The van der Waals surface area contributed by atoms with Crippen molar-refractivity contribution in [1.82, 2.24) is 19.4 Å². The van der Waals surface area contributed by atoms with Crippen molar-refractivity contribution in [2.75, 3.05) is 13.1 Å². The molecule has 0 saturated carbocycles. The molecule has 0 bridgehead atoms. The molecule has 2 heterocycles. The van der Waals surface area contributed by atoms with Crippen LogP contribution in [-0.4, -0.2) is 41.5 Å². The number of hydrogen-bond donors (Lipinski definition) is 1. The molecule has 1 aliphatic heterocycles. The minimum Gasteiger partial charge on any atom is -0.352 e. The van der Waals surface area contributed by atoms with E-state index < -0.39 is 10.0 Å². The molecule has 1 fully saturated rings. The predicted octanol–water partition coefficient (Wildman–Crippen LogP) is 1.01. The fourth-order valence-corrected chi connectivity index (χ4v) is 4.58. The van der Waals surface area contributed by atoms with E-state index in [9.17, 15) is 13.2 Å². The number of rotatable bonds is 5. The molecule has 1 N–H and O–H groups in total. The molecular weight excluding hydrogens is 366 g/mol. The van der Waals surface area contributed by atoms with E-state index in [1.807, 2.05) is 19.3 Å². The number of carbonyl (C=O) groups excluding carboxylic acids is 1. The van der Waals surface area contributed by atoms with Gasteiger partial charge < -0.3 is 5.32 Å². The Kier molecular flexibility index (Phi) is 5.58. The summed E-state index contributed by atoms with van der Waals surface area (Å²) in [5.41, 5.74) is 1.34. The summed E-state index contributed by atoms with van der Waals surface area (Å²) < 4.78 is 28.5. The van der Waals surface area contributed by atoms with Gasteiger partial charge in [0.25, 0.3) is 0 Å². The number of hydrogen-bond acceptors (Lipinski definition) is 5. The standard InChI is InChI=1S/C18H21N5O3S/c1-22-13-15(12-21-22)11-20-18(24)16-6-8-23(9-7-16)27(25,26)17-4-2-14(10-19)3-5-17/h2-5,12-13,16H,6-9,11H2,1H3,(H,20,24). The van der Waals surface area contributed by atoms with Crippen LogP contribution in [0.5, 0.6) is 0 Å². The summed E-state index contributed by atoms with van der Waals surface area (Å²) in [6.07, 6.45) is 4.50. The summed E-state index contributed by atoms with van der Waals surface area (Å²) in [6, 6.07) is 7.84. The van der Waals surface area contributed by atoms with Crippen LogP contribution in [0.4, 0.5) is 0 Å². The number of aryl methyl sites for hydroxylation is 1. The zero-order valence-electron chi connectivity index (χ0n) is 15.0. The van der Waals surface area contributed by atoms with Crippen molar-refractivity contribution < 1.29 is 13.2 Å². The van der Waals surface area contributed by atoms with Crippen LogP contribution < -0.4 is 5.32 Å². The van der Waals surface area contributed by atoms with E-state index >= 15 is 0 Å². The number of aromatic nitrogens is 2. The second-order valence-corrected chi connectivity index (χ2v) is 8.49. The Morgan fingerprint density at radius 1 is 1.30 bits per heavy atom. The molecule has 1 saturated heterocycles. The normalized spacial score (nSPS) is 16.0. The average molecular weight is 387 g/mol.